The quantitative estimate of drug-likeness (QED) is 0.555. The number of ketones is 1. The fourth-order valence-electron chi connectivity index (χ4n) is 0.745. The van der Waals surface area contributed by atoms with Gasteiger partial charge in [0.25, 0.3) is 0 Å². The van der Waals surface area contributed by atoms with Gasteiger partial charge in [-0.2, -0.15) is 0 Å². The summed E-state index contributed by atoms with van der Waals surface area (Å²) in [5.41, 5.74) is 0. The summed E-state index contributed by atoms with van der Waals surface area (Å²) in [4.78, 5) is 11.0. The SMILES string of the molecule is O=C(CCl)C1C=CI=CC1. The first-order valence-corrected chi connectivity index (χ1v) is 6.06. The highest BCUT2D eigenvalue weighted by Gasteiger charge is 2.13. The maximum atomic E-state index is 11.0. The van der Waals surface area contributed by atoms with Crippen molar-refractivity contribution in [3.05, 3.63) is 10.2 Å². The van der Waals surface area contributed by atoms with E-state index < -0.39 is 0 Å². The van der Waals surface area contributed by atoms with E-state index in [-0.39, 0.29) is 38.3 Å². The van der Waals surface area contributed by atoms with E-state index in [2.05, 4.69) is 8.09 Å². The minimum Gasteiger partial charge on any atom is -0.298 e. The van der Waals surface area contributed by atoms with Gasteiger partial charge < -0.3 is 0 Å². The van der Waals surface area contributed by atoms with E-state index in [0.717, 1.165) is 6.42 Å². The molecule has 0 radical (unpaired) electrons. The summed E-state index contributed by atoms with van der Waals surface area (Å²) in [6.45, 7) is 0. The Morgan fingerprint density at radius 2 is 2.60 bits per heavy atom. The second kappa shape index (κ2) is 4.23. The van der Waals surface area contributed by atoms with Gasteiger partial charge in [0.15, 0.2) is 5.78 Å². The molecule has 0 aromatic rings. The first-order chi connectivity index (χ1) is 4.84. The van der Waals surface area contributed by atoms with Gasteiger partial charge in [0.1, 0.15) is 0 Å². The summed E-state index contributed by atoms with van der Waals surface area (Å²) in [6.07, 6.45) is 2.91. The van der Waals surface area contributed by atoms with Crippen molar-refractivity contribution in [1.29, 1.82) is 0 Å². The lowest BCUT2D eigenvalue weighted by atomic mass is 10.0. The van der Waals surface area contributed by atoms with Crippen molar-refractivity contribution in [3.8, 4) is 0 Å². The molecule has 0 aliphatic carbocycles. The van der Waals surface area contributed by atoms with Gasteiger partial charge in [0.2, 0.25) is 0 Å². The van der Waals surface area contributed by atoms with Gasteiger partial charge in [0, 0.05) is 5.92 Å². The summed E-state index contributed by atoms with van der Waals surface area (Å²) < 4.78 is 4.34. The Morgan fingerprint density at radius 3 is 3.10 bits per heavy atom. The largest absolute Gasteiger partial charge is 0.298 e. The number of alkyl halides is 1. The molecule has 0 fully saturated rings. The fraction of sp³-hybridized carbons (Fsp3) is 0.429. The minimum absolute atomic E-state index is 0.0888. The topological polar surface area (TPSA) is 17.1 Å². The minimum atomic E-state index is 0.0888. The summed E-state index contributed by atoms with van der Waals surface area (Å²) in [6, 6.07) is 0. The van der Waals surface area contributed by atoms with Crippen LogP contribution in [-0.4, -0.2) is 15.7 Å². The van der Waals surface area contributed by atoms with Crippen molar-refractivity contribution in [2.75, 3.05) is 5.88 Å². The smallest absolute Gasteiger partial charge is 0.154 e. The molecule has 1 nitrogen and oxygen atoms in total. The molecule has 3 heteroatoms. The average molecular weight is 270 g/mol. The molecule has 0 spiro atoms. The van der Waals surface area contributed by atoms with Crippen molar-refractivity contribution in [2.24, 2.45) is 5.92 Å². The Hall–Kier alpha value is 0.300. The molecular formula is C7H8ClIO. The lowest BCUT2D eigenvalue weighted by molar-refractivity contribution is -0.118. The Morgan fingerprint density at radius 1 is 1.80 bits per heavy atom. The van der Waals surface area contributed by atoms with Gasteiger partial charge in [-0.25, -0.2) is 0 Å². The molecule has 1 aliphatic rings. The lowest BCUT2D eigenvalue weighted by Crippen LogP contribution is -2.14. The van der Waals surface area contributed by atoms with Gasteiger partial charge in [-0.1, -0.05) is 26.8 Å². The molecule has 1 aliphatic heterocycles. The molecular weight excluding hydrogens is 262 g/mol. The number of rotatable bonds is 2. The third-order valence-electron chi connectivity index (χ3n) is 1.36. The number of allylic oxidation sites excluding steroid dienone is 1. The van der Waals surface area contributed by atoms with Crippen molar-refractivity contribution in [1.82, 2.24) is 0 Å². The zero-order chi connectivity index (χ0) is 7.40. The van der Waals surface area contributed by atoms with Crippen molar-refractivity contribution in [3.63, 3.8) is 0 Å². The number of halogens is 2. The molecule has 1 unspecified atom stereocenters. The van der Waals surface area contributed by atoms with Gasteiger partial charge in [-0.3, -0.25) is 4.79 Å². The molecule has 0 aromatic carbocycles. The summed E-state index contributed by atoms with van der Waals surface area (Å²) >= 11 is 5.55. The van der Waals surface area contributed by atoms with E-state index in [1.54, 1.807) is 0 Å². The van der Waals surface area contributed by atoms with Crippen LogP contribution in [0.3, 0.4) is 0 Å². The number of hydrogen-bond acceptors (Lipinski definition) is 1. The van der Waals surface area contributed by atoms with E-state index in [1.807, 2.05) is 6.08 Å². The predicted molar refractivity (Wildman–Crippen MR) is 53.1 cm³/mol. The third-order valence-corrected chi connectivity index (χ3v) is 3.47. The molecule has 0 N–H and O–H groups in total. The molecule has 1 heterocycles. The van der Waals surface area contributed by atoms with Gasteiger partial charge >= 0.3 is 0 Å². The standard InChI is InChI=1S/C7H8ClIO/c8-5-7(10)6-1-3-9-4-2-6/h1,3-4,6H,2,5H2. The van der Waals surface area contributed by atoms with Crippen LogP contribution < -0.4 is 0 Å². The van der Waals surface area contributed by atoms with Crippen LogP contribution in [0, 0.1) is 5.92 Å². The zero-order valence-electron chi connectivity index (χ0n) is 5.39. The van der Waals surface area contributed by atoms with Gasteiger partial charge in [0.05, 0.1) is 5.88 Å². The van der Waals surface area contributed by atoms with Crippen LogP contribution in [0.2, 0.25) is 0 Å². The maximum Gasteiger partial charge on any atom is 0.154 e. The van der Waals surface area contributed by atoms with Crippen molar-refractivity contribution in [2.45, 2.75) is 6.42 Å². The van der Waals surface area contributed by atoms with Gasteiger partial charge in [-0.05, 0) is 14.5 Å². The van der Waals surface area contributed by atoms with Crippen LogP contribution in [0.1, 0.15) is 6.42 Å². The molecule has 56 valence electrons. The summed E-state index contributed by atoms with van der Waals surface area (Å²) in [5, 5.41) is 0. The van der Waals surface area contributed by atoms with Crippen LogP contribution in [0.4, 0.5) is 0 Å². The van der Waals surface area contributed by atoms with Crippen molar-refractivity contribution >= 4 is 42.1 Å². The van der Waals surface area contributed by atoms with Crippen molar-refractivity contribution < 1.29 is 4.79 Å². The Bertz CT molecular complexity index is 186. The highest BCUT2D eigenvalue weighted by atomic mass is 127. The zero-order valence-corrected chi connectivity index (χ0v) is 8.30. The number of carbonyl (C=O) groups excluding carboxylic acids is 1. The van der Waals surface area contributed by atoms with E-state index >= 15 is 0 Å². The Balaban J connectivity index is 2.51. The number of hydrogen-bond donors (Lipinski definition) is 0. The maximum absolute atomic E-state index is 11.0. The van der Waals surface area contributed by atoms with Gasteiger partial charge in [-0.15, -0.1) is 11.6 Å². The average Bonchev–Trinajstić information content (AvgIpc) is 2.05. The predicted octanol–water partition coefficient (Wildman–Crippen LogP) is 2.10. The van der Waals surface area contributed by atoms with Crippen LogP contribution in [-0.2, 0) is 4.79 Å². The van der Waals surface area contributed by atoms with Crippen LogP contribution in [0.15, 0.2) is 10.2 Å². The Labute approximate surface area is 75.2 Å². The molecule has 0 amide bonds. The second-order valence-corrected chi connectivity index (χ2v) is 4.63. The molecule has 1 rings (SSSR count). The van der Waals surface area contributed by atoms with E-state index in [1.165, 1.54) is 0 Å². The van der Waals surface area contributed by atoms with E-state index in [9.17, 15) is 4.79 Å². The molecule has 0 saturated carbocycles. The molecule has 0 saturated heterocycles. The van der Waals surface area contributed by atoms with E-state index in [4.69, 9.17) is 11.6 Å². The summed E-state index contributed by atoms with van der Waals surface area (Å²) in [5.74, 6) is 0.394. The number of carbonyl (C=O) groups is 1. The second-order valence-electron chi connectivity index (χ2n) is 2.04. The lowest BCUT2D eigenvalue weighted by Gasteiger charge is -2.07. The third kappa shape index (κ3) is 2.16. The fourth-order valence-corrected chi connectivity index (χ4v) is 2.82. The normalized spacial score (nSPS) is 23.9. The van der Waals surface area contributed by atoms with Crippen LogP contribution in [0.25, 0.3) is 0 Å². The molecule has 0 aromatic heterocycles. The highest BCUT2D eigenvalue weighted by Crippen LogP contribution is 2.16. The number of Topliss-reactive ketones (excluding diaryl/α,β-unsaturated/α-hetero) is 1. The van der Waals surface area contributed by atoms with Crippen LogP contribution in [0.5, 0.6) is 0 Å². The first kappa shape index (κ1) is 8.40. The molecule has 0 bridgehead atoms. The summed E-state index contributed by atoms with van der Waals surface area (Å²) in [7, 11) is 0. The Kier molecular flexibility index (Phi) is 3.56. The molecule has 10 heavy (non-hydrogen) atoms. The van der Waals surface area contributed by atoms with E-state index in [0.29, 0.717) is 0 Å². The molecule has 1 atom stereocenters. The first-order valence-electron chi connectivity index (χ1n) is 3.03. The highest BCUT2D eigenvalue weighted by molar-refractivity contribution is 14.2. The monoisotopic (exact) mass is 270 g/mol. The van der Waals surface area contributed by atoms with Crippen LogP contribution >= 0.6 is 32.3 Å².